The molecule has 1 rings (SSSR count). The molecule has 2 unspecified atom stereocenters. The molecule has 0 spiro atoms. The largest absolute Gasteiger partial charge is 0.357 e. The Hall–Kier alpha value is -0.780. The summed E-state index contributed by atoms with van der Waals surface area (Å²) >= 11 is 0. The number of guanidine groups is 1. The lowest BCUT2D eigenvalue weighted by Gasteiger charge is -2.26. The molecule has 2 atom stereocenters. The van der Waals surface area contributed by atoms with Gasteiger partial charge < -0.3 is 10.6 Å². The molecular formula is C16H33N3O2S. The molecule has 5 nitrogen and oxygen atoms in total. The van der Waals surface area contributed by atoms with Crippen LogP contribution >= 0.6 is 0 Å². The predicted molar refractivity (Wildman–Crippen MR) is 94.0 cm³/mol. The van der Waals surface area contributed by atoms with Crippen molar-refractivity contribution in [2.45, 2.75) is 52.4 Å². The normalized spacial score (nSPS) is 23.3. The van der Waals surface area contributed by atoms with Crippen LogP contribution in [0.15, 0.2) is 4.99 Å². The second-order valence-electron chi connectivity index (χ2n) is 6.60. The molecule has 0 heterocycles. The zero-order chi connectivity index (χ0) is 16.4. The molecule has 0 amide bonds. The number of hydrogen-bond acceptors (Lipinski definition) is 3. The standard InChI is InChI=1S/C16H33N3O2S/c1-4-17-16(18-10-6-12-22(3,20)21)19-11-9-15-8-5-7-14(2)13-15/h14-15H,4-13H2,1-3H3,(H2,17,18,19). The van der Waals surface area contributed by atoms with Crippen LogP contribution in [0.5, 0.6) is 0 Å². The van der Waals surface area contributed by atoms with Crippen LogP contribution in [0.3, 0.4) is 0 Å². The van der Waals surface area contributed by atoms with E-state index in [1.807, 2.05) is 6.92 Å². The van der Waals surface area contributed by atoms with E-state index in [1.165, 1.54) is 38.4 Å². The Balaban J connectivity index is 2.27. The Morgan fingerprint density at radius 3 is 2.68 bits per heavy atom. The molecular weight excluding hydrogens is 298 g/mol. The van der Waals surface area contributed by atoms with E-state index in [0.717, 1.165) is 30.9 Å². The van der Waals surface area contributed by atoms with Crippen molar-refractivity contribution in [1.29, 1.82) is 0 Å². The van der Waals surface area contributed by atoms with Gasteiger partial charge in [0.1, 0.15) is 9.84 Å². The Kier molecular flexibility index (Phi) is 8.83. The SMILES string of the molecule is CCNC(=NCCCS(C)(=O)=O)NCCC1CCCC(C)C1. The van der Waals surface area contributed by atoms with E-state index in [-0.39, 0.29) is 5.75 Å². The maximum atomic E-state index is 11.1. The second-order valence-corrected chi connectivity index (χ2v) is 8.86. The summed E-state index contributed by atoms with van der Waals surface area (Å²) in [6.45, 7) is 6.69. The Morgan fingerprint density at radius 2 is 2.05 bits per heavy atom. The third-order valence-corrected chi connectivity index (χ3v) is 5.21. The van der Waals surface area contributed by atoms with Crippen molar-refractivity contribution in [3.63, 3.8) is 0 Å². The van der Waals surface area contributed by atoms with E-state index in [9.17, 15) is 8.42 Å². The molecule has 1 saturated carbocycles. The quantitative estimate of drug-likeness (QED) is 0.406. The van der Waals surface area contributed by atoms with Crippen molar-refractivity contribution in [3.05, 3.63) is 0 Å². The van der Waals surface area contributed by atoms with E-state index in [0.29, 0.717) is 13.0 Å². The van der Waals surface area contributed by atoms with Gasteiger partial charge in [0.05, 0.1) is 5.75 Å². The first-order chi connectivity index (χ1) is 10.4. The lowest BCUT2D eigenvalue weighted by molar-refractivity contribution is 0.270. The van der Waals surface area contributed by atoms with Crippen molar-refractivity contribution < 1.29 is 8.42 Å². The number of aliphatic imine (C=N–C) groups is 1. The van der Waals surface area contributed by atoms with Gasteiger partial charge in [0.15, 0.2) is 5.96 Å². The van der Waals surface area contributed by atoms with Gasteiger partial charge in [-0.3, -0.25) is 4.99 Å². The Labute approximate surface area is 136 Å². The van der Waals surface area contributed by atoms with E-state index in [2.05, 4.69) is 22.5 Å². The third-order valence-electron chi connectivity index (χ3n) is 4.18. The fourth-order valence-electron chi connectivity index (χ4n) is 3.08. The molecule has 0 aliphatic heterocycles. The smallest absolute Gasteiger partial charge is 0.191 e. The van der Waals surface area contributed by atoms with Gasteiger partial charge in [-0.15, -0.1) is 0 Å². The van der Waals surface area contributed by atoms with E-state index >= 15 is 0 Å². The van der Waals surface area contributed by atoms with Gasteiger partial charge in [-0.2, -0.15) is 0 Å². The maximum absolute atomic E-state index is 11.1. The Bertz CT molecular complexity index is 435. The number of rotatable bonds is 8. The topological polar surface area (TPSA) is 70.6 Å². The number of nitrogens with zero attached hydrogens (tertiary/aromatic N) is 1. The molecule has 2 N–H and O–H groups in total. The number of nitrogens with one attached hydrogen (secondary N) is 2. The minimum absolute atomic E-state index is 0.204. The van der Waals surface area contributed by atoms with Gasteiger partial charge in [-0.05, 0) is 38.0 Å². The van der Waals surface area contributed by atoms with E-state index in [1.54, 1.807) is 0 Å². The van der Waals surface area contributed by atoms with Crippen LogP contribution < -0.4 is 10.6 Å². The highest BCUT2D eigenvalue weighted by atomic mass is 32.2. The lowest BCUT2D eigenvalue weighted by Crippen LogP contribution is -2.38. The van der Waals surface area contributed by atoms with Gasteiger partial charge in [-0.25, -0.2) is 8.42 Å². The van der Waals surface area contributed by atoms with Gasteiger partial charge in [0.2, 0.25) is 0 Å². The highest BCUT2D eigenvalue weighted by Crippen LogP contribution is 2.30. The molecule has 130 valence electrons. The number of sulfone groups is 1. The molecule has 0 radical (unpaired) electrons. The van der Waals surface area contributed by atoms with Crippen molar-refractivity contribution >= 4 is 15.8 Å². The minimum Gasteiger partial charge on any atom is -0.357 e. The molecule has 1 fully saturated rings. The molecule has 1 aliphatic carbocycles. The van der Waals surface area contributed by atoms with Crippen LogP contribution in [0.2, 0.25) is 0 Å². The highest BCUT2D eigenvalue weighted by Gasteiger charge is 2.18. The molecule has 22 heavy (non-hydrogen) atoms. The second kappa shape index (κ2) is 10.1. The summed E-state index contributed by atoms with van der Waals surface area (Å²) in [5.74, 6) is 2.72. The molecule has 6 heteroatoms. The zero-order valence-electron chi connectivity index (χ0n) is 14.4. The maximum Gasteiger partial charge on any atom is 0.191 e. The fourth-order valence-corrected chi connectivity index (χ4v) is 3.73. The van der Waals surface area contributed by atoms with Crippen LogP contribution in [-0.2, 0) is 9.84 Å². The summed E-state index contributed by atoms with van der Waals surface area (Å²) in [7, 11) is -2.88. The van der Waals surface area contributed by atoms with Crippen molar-refractivity contribution in [1.82, 2.24) is 10.6 Å². The average Bonchev–Trinajstić information content (AvgIpc) is 2.42. The van der Waals surface area contributed by atoms with Crippen molar-refractivity contribution in [2.75, 3.05) is 31.6 Å². The lowest BCUT2D eigenvalue weighted by atomic mass is 9.81. The summed E-state index contributed by atoms with van der Waals surface area (Å²) in [6.07, 6.45) is 8.50. The van der Waals surface area contributed by atoms with Crippen LogP contribution in [0, 0.1) is 11.8 Å². The molecule has 0 aromatic rings. The molecule has 0 aromatic carbocycles. The molecule has 0 bridgehead atoms. The van der Waals surface area contributed by atoms with Crippen LogP contribution in [-0.4, -0.2) is 46.0 Å². The monoisotopic (exact) mass is 331 g/mol. The summed E-state index contributed by atoms with van der Waals surface area (Å²) in [5.41, 5.74) is 0. The van der Waals surface area contributed by atoms with Gasteiger partial charge in [0, 0.05) is 25.9 Å². The van der Waals surface area contributed by atoms with Crippen LogP contribution in [0.4, 0.5) is 0 Å². The number of hydrogen-bond donors (Lipinski definition) is 2. The summed E-state index contributed by atoms with van der Waals surface area (Å²) in [5, 5.41) is 6.59. The first kappa shape index (κ1) is 19.3. The van der Waals surface area contributed by atoms with E-state index in [4.69, 9.17) is 0 Å². The molecule has 0 saturated heterocycles. The summed E-state index contributed by atoms with van der Waals surface area (Å²) in [6, 6.07) is 0. The van der Waals surface area contributed by atoms with Gasteiger partial charge in [0.25, 0.3) is 0 Å². The van der Waals surface area contributed by atoms with Crippen molar-refractivity contribution in [2.24, 2.45) is 16.8 Å². The van der Waals surface area contributed by atoms with Gasteiger partial charge in [-0.1, -0.05) is 26.2 Å². The van der Waals surface area contributed by atoms with Crippen molar-refractivity contribution in [3.8, 4) is 0 Å². The van der Waals surface area contributed by atoms with Crippen LogP contribution in [0.25, 0.3) is 0 Å². The average molecular weight is 332 g/mol. The summed E-state index contributed by atoms with van der Waals surface area (Å²) < 4.78 is 22.2. The van der Waals surface area contributed by atoms with Gasteiger partial charge >= 0.3 is 0 Å². The zero-order valence-corrected chi connectivity index (χ0v) is 15.2. The molecule has 0 aromatic heterocycles. The fraction of sp³-hybridized carbons (Fsp3) is 0.938. The van der Waals surface area contributed by atoms with Crippen LogP contribution in [0.1, 0.15) is 52.4 Å². The first-order valence-corrected chi connectivity index (χ1v) is 10.7. The third kappa shape index (κ3) is 9.28. The first-order valence-electron chi connectivity index (χ1n) is 8.60. The van der Waals surface area contributed by atoms with E-state index < -0.39 is 9.84 Å². The minimum atomic E-state index is -2.88. The predicted octanol–water partition coefficient (Wildman–Crippen LogP) is 2.19. The Morgan fingerprint density at radius 1 is 1.27 bits per heavy atom. The highest BCUT2D eigenvalue weighted by molar-refractivity contribution is 7.90. The molecule has 1 aliphatic rings. The summed E-state index contributed by atoms with van der Waals surface area (Å²) in [4.78, 5) is 4.44.